The Hall–Kier alpha value is -1.21. The number of aliphatic hydroxyl groups excluding tert-OH is 1. The number of benzene rings is 1. The number of fused-ring (bicyclic) bond motifs is 1. The summed E-state index contributed by atoms with van der Waals surface area (Å²) in [5.74, 6) is 0. The van der Waals surface area contributed by atoms with Gasteiger partial charge in [0.25, 0.3) is 0 Å². The SMILES string of the molecule is Cc1cc(C)cc(NC(=S)NC2COC3C(O)COC23)c1. The zero-order valence-corrected chi connectivity index (χ0v) is 12.9. The minimum atomic E-state index is -0.539. The average Bonchev–Trinajstić information content (AvgIpc) is 2.93. The van der Waals surface area contributed by atoms with Crippen LogP contribution in [0.15, 0.2) is 18.2 Å². The molecule has 0 bridgehead atoms. The van der Waals surface area contributed by atoms with E-state index in [1.165, 1.54) is 11.1 Å². The number of aryl methyl sites for hydroxylation is 2. The highest BCUT2D eigenvalue weighted by Gasteiger charge is 2.47. The quantitative estimate of drug-likeness (QED) is 0.712. The van der Waals surface area contributed by atoms with Crippen molar-refractivity contribution in [3.8, 4) is 0 Å². The van der Waals surface area contributed by atoms with E-state index in [1.54, 1.807) is 0 Å². The maximum atomic E-state index is 9.72. The molecule has 0 aliphatic carbocycles. The fourth-order valence-corrected chi connectivity index (χ4v) is 3.25. The molecule has 2 heterocycles. The van der Waals surface area contributed by atoms with Crippen LogP contribution in [0.25, 0.3) is 0 Å². The first-order valence-corrected chi connectivity index (χ1v) is 7.51. The van der Waals surface area contributed by atoms with Gasteiger partial charge in [0.2, 0.25) is 0 Å². The van der Waals surface area contributed by atoms with E-state index in [-0.39, 0.29) is 18.2 Å². The molecule has 0 spiro atoms. The third kappa shape index (κ3) is 3.18. The second-order valence-corrected chi connectivity index (χ2v) is 6.15. The van der Waals surface area contributed by atoms with Crippen LogP contribution in [0.4, 0.5) is 5.69 Å². The summed E-state index contributed by atoms with van der Waals surface area (Å²) in [6.45, 7) is 4.92. The molecule has 1 aromatic rings. The fraction of sp³-hybridized carbons (Fsp3) is 0.533. The Labute approximate surface area is 129 Å². The summed E-state index contributed by atoms with van der Waals surface area (Å²) in [6, 6.07) is 6.18. The maximum Gasteiger partial charge on any atom is 0.171 e. The number of aliphatic hydroxyl groups is 1. The Kier molecular flexibility index (Phi) is 4.12. The highest BCUT2D eigenvalue weighted by Crippen LogP contribution is 2.27. The van der Waals surface area contributed by atoms with E-state index in [1.807, 2.05) is 12.1 Å². The van der Waals surface area contributed by atoms with Gasteiger partial charge in [0, 0.05) is 5.69 Å². The number of thiocarbonyl (C=S) groups is 1. The molecule has 114 valence electrons. The van der Waals surface area contributed by atoms with E-state index in [9.17, 15) is 5.11 Å². The summed E-state index contributed by atoms with van der Waals surface area (Å²) in [5.41, 5.74) is 3.34. The maximum absolute atomic E-state index is 9.72. The first-order valence-electron chi connectivity index (χ1n) is 7.10. The second kappa shape index (κ2) is 5.88. The van der Waals surface area contributed by atoms with E-state index in [4.69, 9.17) is 21.7 Å². The van der Waals surface area contributed by atoms with E-state index in [2.05, 4.69) is 30.5 Å². The Morgan fingerprint density at radius 3 is 2.52 bits per heavy atom. The van der Waals surface area contributed by atoms with E-state index < -0.39 is 6.10 Å². The number of ether oxygens (including phenoxy) is 2. The summed E-state index contributed by atoms with van der Waals surface area (Å²) in [6.07, 6.45) is -0.923. The molecule has 2 fully saturated rings. The molecule has 4 atom stereocenters. The van der Waals surface area contributed by atoms with Crippen molar-refractivity contribution >= 4 is 23.0 Å². The molecule has 2 aliphatic heterocycles. The molecule has 2 aliphatic rings. The Morgan fingerprint density at radius 2 is 1.81 bits per heavy atom. The fourth-order valence-electron chi connectivity index (χ4n) is 2.99. The van der Waals surface area contributed by atoms with Crippen LogP contribution in [0.1, 0.15) is 11.1 Å². The molecular formula is C15H20N2O3S. The lowest BCUT2D eigenvalue weighted by atomic mass is 10.1. The minimum absolute atomic E-state index is 0.0296. The van der Waals surface area contributed by atoms with Crippen molar-refractivity contribution in [2.45, 2.75) is 38.2 Å². The van der Waals surface area contributed by atoms with Gasteiger partial charge in [0.05, 0.1) is 19.3 Å². The van der Waals surface area contributed by atoms with Crippen molar-refractivity contribution in [2.75, 3.05) is 18.5 Å². The first-order chi connectivity index (χ1) is 10.0. The van der Waals surface area contributed by atoms with Gasteiger partial charge in [-0.05, 0) is 49.3 Å². The molecule has 0 amide bonds. The van der Waals surface area contributed by atoms with Gasteiger partial charge >= 0.3 is 0 Å². The molecule has 1 aromatic carbocycles. The van der Waals surface area contributed by atoms with Gasteiger partial charge in [-0.3, -0.25) is 0 Å². The summed E-state index contributed by atoms with van der Waals surface area (Å²) in [7, 11) is 0. The normalized spacial score (nSPS) is 31.0. The number of anilines is 1. The Morgan fingerprint density at radius 1 is 1.14 bits per heavy atom. The van der Waals surface area contributed by atoms with Crippen LogP contribution in [0.5, 0.6) is 0 Å². The lowest BCUT2D eigenvalue weighted by Gasteiger charge is -2.20. The summed E-state index contributed by atoms with van der Waals surface area (Å²) in [5, 5.41) is 16.7. The predicted molar refractivity (Wildman–Crippen MR) is 84.5 cm³/mol. The van der Waals surface area contributed by atoms with Crippen LogP contribution in [0.2, 0.25) is 0 Å². The van der Waals surface area contributed by atoms with Crippen molar-refractivity contribution in [3.05, 3.63) is 29.3 Å². The van der Waals surface area contributed by atoms with Crippen LogP contribution in [-0.4, -0.2) is 47.8 Å². The van der Waals surface area contributed by atoms with Gasteiger partial charge in [0.15, 0.2) is 5.11 Å². The molecule has 4 unspecified atom stereocenters. The van der Waals surface area contributed by atoms with Crippen LogP contribution in [0, 0.1) is 13.8 Å². The topological polar surface area (TPSA) is 62.8 Å². The van der Waals surface area contributed by atoms with Crippen molar-refractivity contribution in [1.29, 1.82) is 0 Å². The van der Waals surface area contributed by atoms with E-state index in [0.717, 1.165) is 5.69 Å². The zero-order chi connectivity index (χ0) is 15.0. The highest BCUT2D eigenvalue weighted by molar-refractivity contribution is 7.80. The smallest absolute Gasteiger partial charge is 0.171 e. The van der Waals surface area contributed by atoms with Crippen molar-refractivity contribution in [3.63, 3.8) is 0 Å². The van der Waals surface area contributed by atoms with Gasteiger partial charge in [-0.15, -0.1) is 0 Å². The van der Waals surface area contributed by atoms with Gasteiger partial charge in [0.1, 0.15) is 18.3 Å². The van der Waals surface area contributed by atoms with Crippen molar-refractivity contribution in [2.24, 2.45) is 0 Å². The first kappa shape index (κ1) is 14.7. The van der Waals surface area contributed by atoms with Crippen LogP contribution >= 0.6 is 12.2 Å². The van der Waals surface area contributed by atoms with Gasteiger partial charge < -0.3 is 25.2 Å². The van der Waals surface area contributed by atoms with Gasteiger partial charge in [-0.25, -0.2) is 0 Å². The monoisotopic (exact) mass is 308 g/mol. The molecule has 6 heteroatoms. The predicted octanol–water partition coefficient (Wildman–Crippen LogP) is 1.12. The van der Waals surface area contributed by atoms with E-state index in [0.29, 0.717) is 18.3 Å². The second-order valence-electron chi connectivity index (χ2n) is 5.74. The molecule has 2 saturated heterocycles. The minimum Gasteiger partial charge on any atom is -0.388 e. The summed E-state index contributed by atoms with van der Waals surface area (Å²) >= 11 is 5.35. The number of rotatable bonds is 2. The molecule has 0 saturated carbocycles. The lowest BCUT2D eigenvalue weighted by molar-refractivity contribution is 0.0180. The van der Waals surface area contributed by atoms with Crippen molar-refractivity contribution in [1.82, 2.24) is 5.32 Å². The highest BCUT2D eigenvalue weighted by atomic mass is 32.1. The average molecular weight is 308 g/mol. The Balaban J connectivity index is 1.59. The largest absolute Gasteiger partial charge is 0.388 e. The zero-order valence-electron chi connectivity index (χ0n) is 12.1. The summed E-state index contributed by atoms with van der Waals surface area (Å²) in [4.78, 5) is 0. The molecule has 3 N–H and O–H groups in total. The molecular weight excluding hydrogens is 288 g/mol. The van der Waals surface area contributed by atoms with Crippen LogP contribution in [-0.2, 0) is 9.47 Å². The van der Waals surface area contributed by atoms with Crippen LogP contribution < -0.4 is 10.6 Å². The molecule has 0 aromatic heterocycles. The van der Waals surface area contributed by atoms with E-state index >= 15 is 0 Å². The standard InChI is InChI=1S/C15H20N2O3S/c1-8-3-9(2)5-10(4-8)16-15(21)17-11-6-19-14-12(18)7-20-13(11)14/h3-5,11-14,18H,6-7H2,1-2H3,(H2,16,17,21). The molecule has 3 rings (SSSR count). The molecule has 21 heavy (non-hydrogen) atoms. The Bertz CT molecular complexity index is 531. The number of hydrogen-bond acceptors (Lipinski definition) is 4. The van der Waals surface area contributed by atoms with Crippen molar-refractivity contribution < 1.29 is 14.6 Å². The molecule has 5 nitrogen and oxygen atoms in total. The molecule has 0 radical (unpaired) electrons. The number of hydrogen-bond donors (Lipinski definition) is 3. The lowest BCUT2D eigenvalue weighted by Crippen LogP contribution is -2.45. The summed E-state index contributed by atoms with van der Waals surface area (Å²) < 4.78 is 11.1. The third-order valence-electron chi connectivity index (χ3n) is 3.82. The number of nitrogens with one attached hydrogen (secondary N) is 2. The van der Waals surface area contributed by atoms with Gasteiger partial charge in [-0.2, -0.15) is 0 Å². The van der Waals surface area contributed by atoms with Gasteiger partial charge in [-0.1, -0.05) is 6.07 Å². The van der Waals surface area contributed by atoms with Crippen LogP contribution in [0.3, 0.4) is 0 Å². The third-order valence-corrected chi connectivity index (χ3v) is 4.04.